The van der Waals surface area contributed by atoms with Crippen LogP contribution in [-0.2, 0) is 16.0 Å². The van der Waals surface area contributed by atoms with E-state index in [0.717, 1.165) is 18.4 Å². The van der Waals surface area contributed by atoms with Crippen molar-refractivity contribution in [2.45, 2.75) is 25.7 Å². The maximum atomic E-state index is 11.7. The molecule has 0 aliphatic heterocycles. The molecule has 1 aliphatic carbocycles. The summed E-state index contributed by atoms with van der Waals surface area (Å²) < 4.78 is 10.4. The van der Waals surface area contributed by atoms with Crippen molar-refractivity contribution in [2.24, 2.45) is 5.92 Å². The fourth-order valence-corrected chi connectivity index (χ4v) is 1.97. The van der Waals surface area contributed by atoms with Gasteiger partial charge in [0.2, 0.25) is 11.8 Å². The Morgan fingerprint density at radius 3 is 2.57 bits per heavy atom. The molecule has 0 bridgehead atoms. The Kier molecular flexibility index (Phi) is 5.03. The molecule has 21 heavy (non-hydrogen) atoms. The van der Waals surface area contributed by atoms with E-state index in [9.17, 15) is 9.59 Å². The van der Waals surface area contributed by atoms with E-state index in [1.165, 1.54) is 0 Å². The number of carbonyl (C=O) groups excluding carboxylic acids is 2. The first kappa shape index (κ1) is 15.2. The van der Waals surface area contributed by atoms with Gasteiger partial charge in [-0.1, -0.05) is 0 Å². The van der Waals surface area contributed by atoms with Crippen molar-refractivity contribution < 1.29 is 19.1 Å². The maximum absolute atomic E-state index is 11.7. The molecule has 1 fully saturated rings. The van der Waals surface area contributed by atoms with Crippen LogP contribution in [0.25, 0.3) is 0 Å². The number of rotatable bonds is 6. The third kappa shape index (κ3) is 4.37. The molecule has 0 aromatic heterocycles. The highest BCUT2D eigenvalue weighted by Gasteiger charge is 2.29. The number of nitrogens with one attached hydrogen (secondary N) is 2. The van der Waals surface area contributed by atoms with Crippen molar-refractivity contribution in [3.05, 3.63) is 23.8 Å². The molecule has 0 heterocycles. The molecule has 0 spiro atoms. The summed E-state index contributed by atoms with van der Waals surface area (Å²) in [6.07, 6.45) is 2.57. The van der Waals surface area contributed by atoms with Crippen molar-refractivity contribution in [1.29, 1.82) is 0 Å². The van der Waals surface area contributed by atoms with Crippen LogP contribution in [0.2, 0.25) is 0 Å². The number of methoxy groups -OCH3 is 2. The van der Waals surface area contributed by atoms with E-state index in [1.54, 1.807) is 26.4 Å². The molecule has 2 amide bonds. The van der Waals surface area contributed by atoms with Crippen LogP contribution in [0.1, 0.15) is 24.8 Å². The predicted molar refractivity (Wildman–Crippen MR) is 76.9 cm³/mol. The normalized spacial score (nSPS) is 13.4. The van der Waals surface area contributed by atoms with Crippen LogP contribution in [0.5, 0.6) is 11.5 Å². The van der Waals surface area contributed by atoms with Crippen LogP contribution >= 0.6 is 0 Å². The molecule has 0 radical (unpaired) electrons. The summed E-state index contributed by atoms with van der Waals surface area (Å²) in [7, 11) is 3.17. The first-order valence-corrected chi connectivity index (χ1v) is 6.93. The lowest BCUT2D eigenvalue weighted by Crippen LogP contribution is -2.42. The number of hydrogen-bond acceptors (Lipinski definition) is 4. The van der Waals surface area contributed by atoms with Gasteiger partial charge in [-0.05, 0) is 43.0 Å². The molecule has 6 nitrogen and oxygen atoms in total. The monoisotopic (exact) mass is 292 g/mol. The summed E-state index contributed by atoms with van der Waals surface area (Å²) in [6, 6.07) is 5.45. The molecule has 1 aromatic carbocycles. The lowest BCUT2D eigenvalue weighted by atomic mass is 10.1. The largest absolute Gasteiger partial charge is 0.497 e. The molecule has 6 heteroatoms. The van der Waals surface area contributed by atoms with Gasteiger partial charge in [0.25, 0.3) is 0 Å². The molecule has 1 aromatic rings. The topological polar surface area (TPSA) is 76.7 Å². The first-order valence-electron chi connectivity index (χ1n) is 6.93. The van der Waals surface area contributed by atoms with Crippen LogP contribution in [0.3, 0.4) is 0 Å². The quantitative estimate of drug-likeness (QED) is 0.772. The van der Waals surface area contributed by atoms with E-state index in [0.29, 0.717) is 17.9 Å². The first-order chi connectivity index (χ1) is 10.1. The second kappa shape index (κ2) is 6.97. The van der Waals surface area contributed by atoms with Gasteiger partial charge < -0.3 is 9.47 Å². The van der Waals surface area contributed by atoms with E-state index in [2.05, 4.69) is 10.9 Å². The number of benzene rings is 1. The summed E-state index contributed by atoms with van der Waals surface area (Å²) in [5.41, 5.74) is 5.76. The molecule has 2 rings (SSSR count). The van der Waals surface area contributed by atoms with Gasteiger partial charge in [0.1, 0.15) is 11.5 Å². The molecular formula is C15H20N2O4. The van der Waals surface area contributed by atoms with Gasteiger partial charge in [-0.3, -0.25) is 20.4 Å². The lowest BCUT2D eigenvalue weighted by molar-refractivity contribution is -0.129. The Balaban J connectivity index is 1.83. The summed E-state index contributed by atoms with van der Waals surface area (Å²) >= 11 is 0. The number of hydrogen-bond donors (Lipinski definition) is 2. The Labute approximate surface area is 123 Å². The summed E-state index contributed by atoms with van der Waals surface area (Å²) in [5, 5.41) is 0. The van der Waals surface area contributed by atoms with E-state index in [-0.39, 0.29) is 24.2 Å². The molecule has 0 atom stereocenters. The summed E-state index contributed by atoms with van der Waals surface area (Å²) in [4.78, 5) is 23.1. The minimum atomic E-state index is -0.228. The minimum absolute atomic E-state index is 0.0729. The van der Waals surface area contributed by atoms with Crippen LogP contribution in [0.15, 0.2) is 18.2 Å². The Morgan fingerprint density at radius 1 is 1.19 bits per heavy atom. The van der Waals surface area contributed by atoms with Crippen molar-refractivity contribution in [1.82, 2.24) is 10.9 Å². The van der Waals surface area contributed by atoms with Crippen molar-refractivity contribution >= 4 is 11.8 Å². The van der Waals surface area contributed by atoms with E-state index >= 15 is 0 Å². The van der Waals surface area contributed by atoms with Gasteiger partial charge in [0.15, 0.2) is 0 Å². The predicted octanol–water partition coefficient (Wildman–Crippen LogP) is 1.19. The second-order valence-corrected chi connectivity index (χ2v) is 4.99. The van der Waals surface area contributed by atoms with E-state index < -0.39 is 0 Å². The second-order valence-electron chi connectivity index (χ2n) is 4.99. The molecule has 1 saturated carbocycles. The Morgan fingerprint density at radius 2 is 1.95 bits per heavy atom. The molecular weight excluding hydrogens is 272 g/mol. The van der Waals surface area contributed by atoms with Crippen LogP contribution in [0.4, 0.5) is 0 Å². The van der Waals surface area contributed by atoms with Crippen LogP contribution in [-0.4, -0.2) is 26.0 Å². The van der Waals surface area contributed by atoms with Gasteiger partial charge in [0, 0.05) is 12.3 Å². The zero-order chi connectivity index (χ0) is 15.2. The van der Waals surface area contributed by atoms with E-state index in [4.69, 9.17) is 9.47 Å². The van der Waals surface area contributed by atoms with Gasteiger partial charge in [-0.2, -0.15) is 0 Å². The number of amides is 2. The fourth-order valence-electron chi connectivity index (χ4n) is 1.97. The van der Waals surface area contributed by atoms with Crippen molar-refractivity contribution in [3.63, 3.8) is 0 Å². The smallest absolute Gasteiger partial charge is 0.241 e. The molecule has 114 valence electrons. The van der Waals surface area contributed by atoms with Gasteiger partial charge in [-0.15, -0.1) is 0 Å². The average molecular weight is 292 g/mol. The Hall–Kier alpha value is -2.24. The lowest BCUT2D eigenvalue weighted by Gasteiger charge is -2.11. The highest BCUT2D eigenvalue weighted by molar-refractivity contribution is 5.84. The van der Waals surface area contributed by atoms with Crippen molar-refractivity contribution in [3.8, 4) is 11.5 Å². The highest BCUT2D eigenvalue weighted by atomic mass is 16.5. The third-order valence-corrected chi connectivity index (χ3v) is 3.38. The molecule has 1 aliphatic rings. The van der Waals surface area contributed by atoms with Crippen LogP contribution in [0, 0.1) is 5.92 Å². The minimum Gasteiger partial charge on any atom is -0.497 e. The zero-order valence-corrected chi connectivity index (χ0v) is 12.3. The molecule has 0 saturated heterocycles. The number of hydrazine groups is 1. The molecule has 2 N–H and O–H groups in total. The third-order valence-electron chi connectivity index (χ3n) is 3.38. The Bertz CT molecular complexity index is 526. The number of ether oxygens (including phenoxy) is 2. The highest BCUT2D eigenvalue weighted by Crippen LogP contribution is 2.28. The summed E-state index contributed by atoms with van der Waals surface area (Å²) in [6.45, 7) is 0. The average Bonchev–Trinajstić information content (AvgIpc) is 3.35. The van der Waals surface area contributed by atoms with Gasteiger partial charge >= 0.3 is 0 Å². The fraction of sp³-hybridized carbons (Fsp3) is 0.467. The van der Waals surface area contributed by atoms with Gasteiger partial charge in [-0.25, -0.2) is 0 Å². The SMILES string of the molecule is COc1ccc(OC)c(CCC(=O)NNC(=O)C2CC2)c1. The zero-order valence-electron chi connectivity index (χ0n) is 12.3. The standard InChI is InChI=1S/C15H20N2O4/c1-20-12-6-7-13(21-2)11(9-12)5-8-14(18)16-17-15(19)10-3-4-10/h6-7,9-10H,3-5,8H2,1-2H3,(H,16,18)(H,17,19). The van der Waals surface area contributed by atoms with Gasteiger partial charge in [0.05, 0.1) is 14.2 Å². The molecule has 0 unspecified atom stereocenters. The van der Waals surface area contributed by atoms with Crippen molar-refractivity contribution in [2.75, 3.05) is 14.2 Å². The number of aryl methyl sites for hydroxylation is 1. The van der Waals surface area contributed by atoms with Crippen LogP contribution < -0.4 is 20.3 Å². The number of carbonyl (C=O) groups is 2. The van der Waals surface area contributed by atoms with E-state index in [1.807, 2.05) is 6.07 Å². The summed E-state index contributed by atoms with van der Waals surface area (Å²) in [5.74, 6) is 1.17. The maximum Gasteiger partial charge on any atom is 0.241 e.